The van der Waals surface area contributed by atoms with Gasteiger partial charge in [-0.1, -0.05) is 18.2 Å². The van der Waals surface area contributed by atoms with E-state index in [2.05, 4.69) is 39.3 Å². The predicted octanol–water partition coefficient (Wildman–Crippen LogP) is 2.49. The summed E-state index contributed by atoms with van der Waals surface area (Å²) in [6.45, 7) is 4.09. The molecule has 1 aromatic heterocycles. The molecule has 2 aromatic rings. The number of likely N-dealkylation sites (N-methyl/N-ethyl adjacent to an activating group) is 1. The SMILES string of the molecule is CN1CCN(c2ccc(NC(=O)C3Cc4ccccc4S3)cn2)CC1. The Hall–Kier alpha value is -2.05. The number of pyridine rings is 1. The highest BCUT2D eigenvalue weighted by Gasteiger charge is 2.28. The monoisotopic (exact) mass is 354 g/mol. The molecule has 2 aliphatic heterocycles. The number of hydrogen-bond acceptors (Lipinski definition) is 5. The number of hydrogen-bond donors (Lipinski definition) is 1. The van der Waals surface area contributed by atoms with Crippen LogP contribution in [0.3, 0.4) is 0 Å². The van der Waals surface area contributed by atoms with Gasteiger partial charge in [-0.15, -0.1) is 11.8 Å². The van der Waals surface area contributed by atoms with Gasteiger partial charge >= 0.3 is 0 Å². The zero-order valence-electron chi connectivity index (χ0n) is 14.3. The first kappa shape index (κ1) is 16.4. The topological polar surface area (TPSA) is 48.5 Å². The minimum Gasteiger partial charge on any atom is -0.354 e. The Morgan fingerprint density at radius 3 is 2.68 bits per heavy atom. The van der Waals surface area contributed by atoms with Crippen molar-refractivity contribution in [1.29, 1.82) is 0 Å². The third kappa shape index (κ3) is 3.65. The van der Waals surface area contributed by atoms with Crippen LogP contribution in [0.4, 0.5) is 11.5 Å². The number of aromatic nitrogens is 1. The molecule has 2 aliphatic rings. The maximum absolute atomic E-state index is 12.5. The number of nitrogens with zero attached hydrogens (tertiary/aromatic N) is 3. The van der Waals surface area contributed by atoms with Gasteiger partial charge in [-0.3, -0.25) is 4.79 Å². The van der Waals surface area contributed by atoms with E-state index in [0.29, 0.717) is 0 Å². The second-order valence-electron chi connectivity index (χ2n) is 6.60. The van der Waals surface area contributed by atoms with E-state index in [0.717, 1.165) is 44.1 Å². The molecule has 1 aromatic carbocycles. The molecule has 1 atom stereocenters. The number of carbonyl (C=O) groups excluding carboxylic acids is 1. The molecule has 1 N–H and O–H groups in total. The second-order valence-corrected chi connectivity index (χ2v) is 7.85. The molecule has 3 heterocycles. The second kappa shape index (κ2) is 7.06. The Morgan fingerprint density at radius 1 is 1.16 bits per heavy atom. The average Bonchev–Trinajstić information content (AvgIpc) is 3.07. The van der Waals surface area contributed by atoms with E-state index in [4.69, 9.17) is 0 Å². The van der Waals surface area contributed by atoms with E-state index in [1.54, 1.807) is 18.0 Å². The lowest BCUT2D eigenvalue weighted by molar-refractivity contribution is -0.115. The lowest BCUT2D eigenvalue weighted by atomic mass is 10.1. The Bertz CT molecular complexity index is 731. The maximum atomic E-state index is 12.5. The number of benzene rings is 1. The number of thioether (sulfide) groups is 1. The Balaban J connectivity index is 1.36. The van der Waals surface area contributed by atoms with Crippen molar-refractivity contribution in [3.8, 4) is 0 Å². The number of carbonyl (C=O) groups is 1. The Morgan fingerprint density at radius 2 is 1.96 bits per heavy atom. The van der Waals surface area contributed by atoms with Crippen molar-refractivity contribution in [2.24, 2.45) is 0 Å². The highest BCUT2D eigenvalue weighted by Crippen LogP contribution is 2.37. The van der Waals surface area contributed by atoms with E-state index in [1.165, 1.54) is 10.5 Å². The van der Waals surface area contributed by atoms with E-state index in [-0.39, 0.29) is 11.2 Å². The number of piperazine rings is 1. The first-order chi connectivity index (χ1) is 12.2. The number of fused-ring (bicyclic) bond motifs is 1. The van der Waals surface area contributed by atoms with Crippen LogP contribution in [0.25, 0.3) is 0 Å². The minimum absolute atomic E-state index is 0.0512. The first-order valence-electron chi connectivity index (χ1n) is 8.64. The van der Waals surface area contributed by atoms with Gasteiger partial charge < -0.3 is 15.1 Å². The molecule has 0 aliphatic carbocycles. The molecule has 25 heavy (non-hydrogen) atoms. The summed E-state index contributed by atoms with van der Waals surface area (Å²) in [5.74, 6) is 1.03. The van der Waals surface area contributed by atoms with Crippen LogP contribution in [0.2, 0.25) is 0 Å². The lowest BCUT2D eigenvalue weighted by Gasteiger charge is -2.33. The molecule has 1 amide bonds. The highest BCUT2D eigenvalue weighted by atomic mass is 32.2. The summed E-state index contributed by atoms with van der Waals surface area (Å²) in [5.41, 5.74) is 2.02. The van der Waals surface area contributed by atoms with Crippen molar-refractivity contribution in [3.05, 3.63) is 48.2 Å². The fourth-order valence-electron chi connectivity index (χ4n) is 3.23. The first-order valence-corrected chi connectivity index (χ1v) is 9.52. The quantitative estimate of drug-likeness (QED) is 0.918. The van der Waals surface area contributed by atoms with E-state index < -0.39 is 0 Å². The highest BCUT2D eigenvalue weighted by molar-refractivity contribution is 8.01. The van der Waals surface area contributed by atoms with Crippen molar-refractivity contribution >= 4 is 29.2 Å². The molecule has 0 spiro atoms. The van der Waals surface area contributed by atoms with Gasteiger partial charge in [0.25, 0.3) is 0 Å². The van der Waals surface area contributed by atoms with Gasteiger partial charge in [-0.2, -0.15) is 0 Å². The van der Waals surface area contributed by atoms with Gasteiger partial charge in [0.1, 0.15) is 5.82 Å². The minimum atomic E-state index is -0.0605. The fourth-order valence-corrected chi connectivity index (χ4v) is 4.43. The normalized spacial score (nSPS) is 20.4. The van der Waals surface area contributed by atoms with E-state index in [1.807, 2.05) is 24.3 Å². The van der Waals surface area contributed by atoms with Crippen LogP contribution in [0.5, 0.6) is 0 Å². The fraction of sp³-hybridized carbons (Fsp3) is 0.368. The molecular formula is C19H22N4OS. The summed E-state index contributed by atoms with van der Waals surface area (Å²) in [6.07, 6.45) is 2.55. The Labute approximate surface area is 152 Å². The standard InChI is InChI=1S/C19H22N4OS/c1-22-8-10-23(11-9-22)18-7-6-15(13-20-18)21-19(24)17-12-14-4-2-3-5-16(14)25-17/h2-7,13,17H,8-12H2,1H3,(H,21,24). The summed E-state index contributed by atoms with van der Waals surface area (Å²) in [7, 11) is 2.14. The van der Waals surface area contributed by atoms with Gasteiger partial charge in [0.2, 0.25) is 5.91 Å². The zero-order valence-corrected chi connectivity index (χ0v) is 15.1. The molecule has 6 heteroatoms. The van der Waals surface area contributed by atoms with Crippen molar-refractivity contribution in [2.45, 2.75) is 16.6 Å². The maximum Gasteiger partial charge on any atom is 0.238 e. The molecule has 5 nitrogen and oxygen atoms in total. The van der Waals surface area contributed by atoms with Crippen LogP contribution in [0.15, 0.2) is 47.5 Å². The molecule has 0 bridgehead atoms. The molecule has 1 saturated heterocycles. The van der Waals surface area contributed by atoms with Crippen molar-refractivity contribution in [3.63, 3.8) is 0 Å². The summed E-state index contributed by atoms with van der Waals surface area (Å²) < 4.78 is 0. The molecule has 4 rings (SSSR count). The van der Waals surface area contributed by atoms with Gasteiger partial charge in [-0.25, -0.2) is 4.98 Å². The third-order valence-corrected chi connectivity index (χ3v) is 6.10. The third-order valence-electron chi connectivity index (χ3n) is 4.78. The van der Waals surface area contributed by atoms with Crippen LogP contribution in [0.1, 0.15) is 5.56 Å². The summed E-state index contributed by atoms with van der Waals surface area (Å²) in [5, 5.41) is 2.95. The smallest absolute Gasteiger partial charge is 0.238 e. The summed E-state index contributed by atoms with van der Waals surface area (Å²) in [6, 6.07) is 12.2. The number of amides is 1. The number of rotatable bonds is 3. The van der Waals surface area contributed by atoms with Crippen molar-refractivity contribution < 1.29 is 4.79 Å². The van der Waals surface area contributed by atoms with E-state index >= 15 is 0 Å². The molecule has 1 unspecified atom stereocenters. The molecule has 130 valence electrons. The lowest BCUT2D eigenvalue weighted by Crippen LogP contribution is -2.44. The number of anilines is 2. The zero-order chi connectivity index (χ0) is 17.2. The van der Waals surface area contributed by atoms with Crippen LogP contribution >= 0.6 is 11.8 Å². The molecule has 0 radical (unpaired) electrons. The summed E-state index contributed by atoms with van der Waals surface area (Å²) >= 11 is 1.64. The van der Waals surface area contributed by atoms with Gasteiger partial charge in [0, 0.05) is 31.1 Å². The van der Waals surface area contributed by atoms with Crippen molar-refractivity contribution in [1.82, 2.24) is 9.88 Å². The van der Waals surface area contributed by atoms with Crippen LogP contribution in [0, 0.1) is 0 Å². The van der Waals surface area contributed by atoms with E-state index in [9.17, 15) is 4.79 Å². The molecule has 1 fully saturated rings. The van der Waals surface area contributed by atoms with Crippen LogP contribution in [-0.2, 0) is 11.2 Å². The predicted molar refractivity (Wildman–Crippen MR) is 102 cm³/mol. The largest absolute Gasteiger partial charge is 0.354 e. The summed E-state index contributed by atoms with van der Waals surface area (Å²) in [4.78, 5) is 22.9. The van der Waals surface area contributed by atoms with Gasteiger partial charge in [0.05, 0.1) is 17.1 Å². The molecular weight excluding hydrogens is 332 g/mol. The molecule has 0 saturated carbocycles. The van der Waals surface area contributed by atoms with Crippen molar-refractivity contribution in [2.75, 3.05) is 43.4 Å². The number of nitrogens with one attached hydrogen (secondary N) is 1. The average molecular weight is 354 g/mol. The Kier molecular flexibility index (Phi) is 4.63. The van der Waals surface area contributed by atoms with Crippen LogP contribution in [-0.4, -0.2) is 54.3 Å². The van der Waals surface area contributed by atoms with Crippen LogP contribution < -0.4 is 10.2 Å². The van der Waals surface area contributed by atoms with Gasteiger partial charge in [0.15, 0.2) is 0 Å². The van der Waals surface area contributed by atoms with Gasteiger partial charge in [-0.05, 0) is 37.2 Å².